The van der Waals surface area contributed by atoms with Crippen molar-refractivity contribution in [2.24, 2.45) is 5.73 Å². The van der Waals surface area contributed by atoms with E-state index in [0.717, 1.165) is 32.4 Å². The molecule has 100 valence electrons. The van der Waals surface area contributed by atoms with Crippen LogP contribution in [0.2, 0.25) is 0 Å². The number of unbranched alkanes of at least 4 members (excludes halogenated alkanes) is 4. The SMILES string of the molecule is CCCCCCCC(=O)N1CC(N)(CCC)C1. The van der Waals surface area contributed by atoms with Gasteiger partial charge in [0.2, 0.25) is 5.91 Å². The second kappa shape index (κ2) is 7.00. The molecule has 1 aliphatic rings. The molecule has 1 saturated heterocycles. The summed E-state index contributed by atoms with van der Waals surface area (Å²) >= 11 is 0. The van der Waals surface area contributed by atoms with Crippen LogP contribution >= 0.6 is 0 Å². The molecule has 0 aromatic carbocycles. The van der Waals surface area contributed by atoms with Crippen LogP contribution in [0.4, 0.5) is 0 Å². The van der Waals surface area contributed by atoms with Crippen molar-refractivity contribution < 1.29 is 4.79 Å². The zero-order valence-electron chi connectivity index (χ0n) is 11.5. The summed E-state index contributed by atoms with van der Waals surface area (Å²) in [5, 5.41) is 0. The molecule has 0 aromatic rings. The van der Waals surface area contributed by atoms with Crippen molar-refractivity contribution >= 4 is 5.91 Å². The van der Waals surface area contributed by atoms with Crippen LogP contribution in [0, 0.1) is 0 Å². The summed E-state index contributed by atoms with van der Waals surface area (Å²) in [6.45, 7) is 5.90. The summed E-state index contributed by atoms with van der Waals surface area (Å²) in [6, 6.07) is 0. The lowest BCUT2D eigenvalue weighted by Crippen LogP contribution is -2.68. The molecule has 17 heavy (non-hydrogen) atoms. The zero-order valence-corrected chi connectivity index (χ0v) is 11.5. The van der Waals surface area contributed by atoms with Gasteiger partial charge in [-0.25, -0.2) is 0 Å². The first-order valence-electron chi connectivity index (χ1n) is 7.18. The Morgan fingerprint density at radius 1 is 1.12 bits per heavy atom. The highest BCUT2D eigenvalue weighted by Crippen LogP contribution is 2.24. The average Bonchev–Trinajstić information content (AvgIpc) is 2.25. The van der Waals surface area contributed by atoms with Gasteiger partial charge in [-0.1, -0.05) is 46.0 Å². The number of hydrogen-bond donors (Lipinski definition) is 1. The molecule has 2 N–H and O–H groups in total. The van der Waals surface area contributed by atoms with Crippen LogP contribution in [0.15, 0.2) is 0 Å². The normalized spacial score (nSPS) is 17.9. The molecular weight excluding hydrogens is 212 g/mol. The van der Waals surface area contributed by atoms with E-state index in [0.29, 0.717) is 12.3 Å². The van der Waals surface area contributed by atoms with E-state index in [4.69, 9.17) is 5.73 Å². The number of carbonyl (C=O) groups excluding carboxylic acids is 1. The van der Waals surface area contributed by atoms with Gasteiger partial charge in [-0.05, 0) is 12.8 Å². The number of amides is 1. The van der Waals surface area contributed by atoms with Gasteiger partial charge in [0.1, 0.15) is 0 Å². The molecule has 0 aliphatic carbocycles. The maximum absolute atomic E-state index is 11.8. The van der Waals surface area contributed by atoms with Crippen molar-refractivity contribution in [2.45, 2.75) is 70.8 Å². The third-order valence-corrected chi connectivity index (χ3v) is 3.61. The van der Waals surface area contributed by atoms with Crippen molar-refractivity contribution in [3.8, 4) is 0 Å². The molecule has 1 fully saturated rings. The van der Waals surface area contributed by atoms with E-state index in [1.54, 1.807) is 0 Å². The third-order valence-electron chi connectivity index (χ3n) is 3.61. The van der Waals surface area contributed by atoms with Gasteiger partial charge in [0.15, 0.2) is 0 Å². The molecule has 0 atom stereocenters. The van der Waals surface area contributed by atoms with E-state index < -0.39 is 0 Å². The Labute approximate surface area is 106 Å². The Hall–Kier alpha value is -0.570. The minimum atomic E-state index is -0.0768. The van der Waals surface area contributed by atoms with Gasteiger partial charge in [-0.2, -0.15) is 0 Å². The molecule has 0 bridgehead atoms. The fourth-order valence-electron chi connectivity index (χ4n) is 2.58. The van der Waals surface area contributed by atoms with Crippen LogP contribution < -0.4 is 5.73 Å². The van der Waals surface area contributed by atoms with Gasteiger partial charge in [0, 0.05) is 19.5 Å². The first kappa shape index (κ1) is 14.5. The molecule has 1 rings (SSSR count). The fraction of sp³-hybridized carbons (Fsp3) is 0.929. The van der Waals surface area contributed by atoms with Crippen molar-refractivity contribution in [1.82, 2.24) is 4.90 Å². The lowest BCUT2D eigenvalue weighted by Gasteiger charge is -2.48. The van der Waals surface area contributed by atoms with Crippen LogP contribution in [0.1, 0.15) is 65.2 Å². The fourth-order valence-corrected chi connectivity index (χ4v) is 2.58. The first-order valence-corrected chi connectivity index (χ1v) is 7.18. The van der Waals surface area contributed by atoms with Crippen LogP contribution in [-0.4, -0.2) is 29.4 Å². The van der Waals surface area contributed by atoms with Gasteiger partial charge in [-0.3, -0.25) is 4.79 Å². The number of hydrogen-bond acceptors (Lipinski definition) is 2. The molecule has 0 aromatic heterocycles. The van der Waals surface area contributed by atoms with E-state index >= 15 is 0 Å². The summed E-state index contributed by atoms with van der Waals surface area (Å²) in [6.07, 6.45) is 8.90. The Morgan fingerprint density at radius 3 is 2.35 bits per heavy atom. The van der Waals surface area contributed by atoms with E-state index in [1.807, 2.05) is 4.90 Å². The maximum atomic E-state index is 11.8. The lowest BCUT2D eigenvalue weighted by molar-refractivity contribution is -0.139. The molecule has 0 spiro atoms. The lowest BCUT2D eigenvalue weighted by atomic mass is 9.86. The Morgan fingerprint density at radius 2 is 1.76 bits per heavy atom. The maximum Gasteiger partial charge on any atom is 0.222 e. The molecule has 3 nitrogen and oxygen atoms in total. The molecule has 1 amide bonds. The van der Waals surface area contributed by atoms with E-state index in [2.05, 4.69) is 13.8 Å². The standard InChI is InChI=1S/C14H28N2O/c1-3-5-6-7-8-9-13(17)16-11-14(15,12-16)10-4-2/h3-12,15H2,1-2H3. The molecule has 1 aliphatic heterocycles. The largest absolute Gasteiger partial charge is 0.339 e. The average molecular weight is 240 g/mol. The van der Waals surface area contributed by atoms with Gasteiger partial charge >= 0.3 is 0 Å². The smallest absolute Gasteiger partial charge is 0.222 e. The minimum Gasteiger partial charge on any atom is -0.339 e. The summed E-state index contributed by atoms with van der Waals surface area (Å²) in [7, 11) is 0. The topological polar surface area (TPSA) is 46.3 Å². The van der Waals surface area contributed by atoms with Crippen LogP contribution in [-0.2, 0) is 4.79 Å². The number of rotatable bonds is 8. The zero-order chi connectivity index (χ0) is 12.7. The Bertz CT molecular complexity index is 234. The van der Waals surface area contributed by atoms with Gasteiger partial charge < -0.3 is 10.6 Å². The van der Waals surface area contributed by atoms with Crippen molar-refractivity contribution in [2.75, 3.05) is 13.1 Å². The summed E-state index contributed by atoms with van der Waals surface area (Å²) < 4.78 is 0. The molecular formula is C14H28N2O. The predicted octanol–water partition coefficient (Wildman–Crippen LogP) is 2.69. The molecule has 1 heterocycles. The molecule has 3 heteroatoms. The summed E-state index contributed by atoms with van der Waals surface area (Å²) in [5.41, 5.74) is 6.07. The van der Waals surface area contributed by atoms with Crippen molar-refractivity contribution in [3.63, 3.8) is 0 Å². The highest BCUT2D eigenvalue weighted by atomic mass is 16.2. The Balaban J connectivity index is 2.07. The van der Waals surface area contributed by atoms with Gasteiger partial charge in [0.05, 0.1) is 5.54 Å². The van der Waals surface area contributed by atoms with Crippen LogP contribution in [0.5, 0.6) is 0 Å². The van der Waals surface area contributed by atoms with E-state index in [-0.39, 0.29) is 5.54 Å². The Kier molecular flexibility index (Phi) is 5.96. The summed E-state index contributed by atoms with van der Waals surface area (Å²) in [4.78, 5) is 13.7. The highest BCUT2D eigenvalue weighted by Gasteiger charge is 2.40. The van der Waals surface area contributed by atoms with E-state index in [1.165, 1.54) is 25.7 Å². The predicted molar refractivity (Wildman–Crippen MR) is 71.8 cm³/mol. The number of carbonyl (C=O) groups is 1. The van der Waals surface area contributed by atoms with E-state index in [9.17, 15) is 4.79 Å². The second-order valence-corrected chi connectivity index (χ2v) is 5.53. The van der Waals surface area contributed by atoms with Crippen molar-refractivity contribution in [1.29, 1.82) is 0 Å². The number of nitrogens with two attached hydrogens (primary N) is 1. The van der Waals surface area contributed by atoms with Crippen LogP contribution in [0.3, 0.4) is 0 Å². The first-order chi connectivity index (χ1) is 8.11. The highest BCUT2D eigenvalue weighted by molar-refractivity contribution is 5.77. The molecule has 0 radical (unpaired) electrons. The minimum absolute atomic E-state index is 0.0768. The molecule has 0 unspecified atom stereocenters. The second-order valence-electron chi connectivity index (χ2n) is 5.53. The summed E-state index contributed by atoms with van der Waals surface area (Å²) in [5.74, 6) is 0.304. The van der Waals surface area contributed by atoms with Gasteiger partial charge in [-0.15, -0.1) is 0 Å². The number of likely N-dealkylation sites (tertiary alicyclic amines) is 1. The van der Waals surface area contributed by atoms with Crippen LogP contribution in [0.25, 0.3) is 0 Å². The number of nitrogens with zero attached hydrogens (tertiary/aromatic N) is 1. The quantitative estimate of drug-likeness (QED) is 0.663. The monoisotopic (exact) mass is 240 g/mol. The third kappa shape index (κ3) is 4.66. The van der Waals surface area contributed by atoms with Crippen molar-refractivity contribution in [3.05, 3.63) is 0 Å². The molecule has 0 saturated carbocycles. The van der Waals surface area contributed by atoms with Gasteiger partial charge in [0.25, 0.3) is 0 Å².